The van der Waals surface area contributed by atoms with E-state index in [4.69, 9.17) is 38.2 Å². The van der Waals surface area contributed by atoms with Crippen molar-refractivity contribution >= 4 is 39.0 Å². The van der Waals surface area contributed by atoms with Crippen LogP contribution in [0.5, 0.6) is 5.75 Å². The molecule has 0 radical (unpaired) electrons. The maximum absolute atomic E-state index is 12.8. The predicted molar refractivity (Wildman–Crippen MR) is 138 cm³/mol. The topological polar surface area (TPSA) is 137 Å². The van der Waals surface area contributed by atoms with Crippen molar-refractivity contribution in [3.8, 4) is 5.75 Å². The number of sulfonamides is 1. The van der Waals surface area contributed by atoms with E-state index in [-0.39, 0.29) is 11.7 Å². The van der Waals surface area contributed by atoms with E-state index < -0.39 is 21.8 Å². The van der Waals surface area contributed by atoms with E-state index >= 15 is 0 Å². The van der Waals surface area contributed by atoms with Gasteiger partial charge in [-0.05, 0) is 54.8 Å². The molecule has 194 valence electrons. The molecule has 0 saturated carbocycles. The summed E-state index contributed by atoms with van der Waals surface area (Å²) in [5.74, 6) is 0.235. The molecule has 0 amide bonds. The molecule has 3 aromatic rings. The van der Waals surface area contributed by atoms with Gasteiger partial charge in [0.05, 0.1) is 35.4 Å². The number of nitrogens with two attached hydrogens (primary N) is 1. The van der Waals surface area contributed by atoms with Crippen LogP contribution < -0.4 is 15.2 Å². The van der Waals surface area contributed by atoms with Gasteiger partial charge in [0, 0.05) is 6.42 Å². The molecule has 0 aliphatic heterocycles. The van der Waals surface area contributed by atoms with Crippen molar-refractivity contribution in [3.63, 3.8) is 0 Å². The predicted octanol–water partition coefficient (Wildman–Crippen LogP) is 3.82. The summed E-state index contributed by atoms with van der Waals surface area (Å²) in [4.78, 5) is 17.0. The summed E-state index contributed by atoms with van der Waals surface area (Å²) in [6.07, 6.45) is 3.53. The molecule has 3 N–H and O–H groups in total. The highest BCUT2D eigenvalue weighted by atomic mass is 35.5. The van der Waals surface area contributed by atoms with Crippen LogP contribution in [0.4, 0.5) is 0 Å². The highest BCUT2D eigenvalue weighted by Gasteiger charge is 2.27. The highest BCUT2D eigenvalue weighted by molar-refractivity contribution is 7.88. The van der Waals surface area contributed by atoms with Gasteiger partial charge in [-0.1, -0.05) is 53.0 Å². The lowest BCUT2D eigenvalue weighted by Gasteiger charge is -2.14. The summed E-state index contributed by atoms with van der Waals surface area (Å²) in [6, 6.07) is 11.9. The Morgan fingerprint density at radius 1 is 1.11 bits per heavy atom. The third kappa shape index (κ3) is 8.86. The second-order valence-electron chi connectivity index (χ2n) is 8.27. The second-order valence-corrected chi connectivity index (χ2v) is 10.9. The Hall–Kier alpha value is -2.50. The van der Waals surface area contributed by atoms with Crippen LogP contribution in [0, 0.1) is 0 Å². The zero-order valence-corrected chi connectivity index (χ0v) is 22.1. The lowest BCUT2D eigenvalue weighted by molar-refractivity contribution is 0.0934. The molecular formula is C24H28Cl2N4O5S. The fourth-order valence-electron chi connectivity index (χ4n) is 3.44. The first kappa shape index (κ1) is 28.1. The summed E-state index contributed by atoms with van der Waals surface area (Å²) in [6.45, 7) is 0.924. The molecule has 0 aliphatic carbocycles. The number of benzene rings is 2. The van der Waals surface area contributed by atoms with E-state index in [9.17, 15) is 13.2 Å². The van der Waals surface area contributed by atoms with E-state index in [2.05, 4.69) is 14.9 Å². The monoisotopic (exact) mass is 554 g/mol. The zero-order chi connectivity index (χ0) is 26.1. The maximum Gasteiger partial charge on any atom is 0.240 e. The lowest BCUT2D eigenvalue weighted by Crippen LogP contribution is -2.40. The van der Waals surface area contributed by atoms with Gasteiger partial charge in [-0.15, -0.1) is 0 Å². The Labute approximate surface area is 220 Å². The van der Waals surface area contributed by atoms with Gasteiger partial charge >= 0.3 is 0 Å². The van der Waals surface area contributed by atoms with E-state index in [0.717, 1.165) is 17.4 Å². The number of ketones is 1. The van der Waals surface area contributed by atoms with Crippen LogP contribution in [0.3, 0.4) is 0 Å². The number of aromatic nitrogens is 2. The standard InChI is InChI=1S/C24H28Cl2N4O5S/c1-36(32,33)30-21(4-2-3-12-27)23(31)24-28-22(35-29-24)15-16-5-8-18(9-6-16)34-13-11-17-7-10-19(25)20(26)14-17/h5-10,14,21,30H,2-4,11-13,15,27H2,1H3. The molecule has 0 aliphatic rings. The Morgan fingerprint density at radius 2 is 1.83 bits per heavy atom. The Bertz CT molecular complexity index is 1270. The number of hydrogen-bond acceptors (Lipinski definition) is 8. The van der Waals surface area contributed by atoms with Crippen LogP contribution in [0.1, 0.15) is 46.9 Å². The van der Waals surface area contributed by atoms with Crippen LogP contribution in [0.2, 0.25) is 10.0 Å². The van der Waals surface area contributed by atoms with E-state index in [1.54, 1.807) is 6.07 Å². The quantitative estimate of drug-likeness (QED) is 0.226. The van der Waals surface area contributed by atoms with Gasteiger partial charge < -0.3 is 15.0 Å². The number of carbonyl (C=O) groups excluding carboxylic acids is 1. The third-order valence-electron chi connectivity index (χ3n) is 5.23. The van der Waals surface area contributed by atoms with Crippen LogP contribution in [0.15, 0.2) is 47.0 Å². The molecule has 0 bridgehead atoms. The van der Waals surface area contributed by atoms with Crippen molar-refractivity contribution in [2.45, 2.75) is 38.1 Å². The van der Waals surface area contributed by atoms with Crippen molar-refractivity contribution < 1.29 is 22.5 Å². The number of Topliss-reactive ketones (excluding diaryl/α,β-unsaturated/α-hetero) is 1. The van der Waals surface area contributed by atoms with Crippen LogP contribution >= 0.6 is 23.2 Å². The third-order valence-corrected chi connectivity index (χ3v) is 6.68. The number of unbranched alkanes of at least 4 members (excludes halogenated alkanes) is 1. The maximum atomic E-state index is 12.8. The normalized spacial score (nSPS) is 12.4. The van der Waals surface area contributed by atoms with Crippen molar-refractivity contribution in [1.29, 1.82) is 0 Å². The van der Waals surface area contributed by atoms with Gasteiger partial charge in [-0.25, -0.2) is 13.1 Å². The first-order valence-electron chi connectivity index (χ1n) is 11.3. The van der Waals surface area contributed by atoms with Crippen LogP contribution in [0.25, 0.3) is 0 Å². The minimum absolute atomic E-state index is 0.166. The molecule has 3 rings (SSSR count). The van der Waals surface area contributed by atoms with Crippen LogP contribution in [-0.2, 0) is 22.9 Å². The average Bonchev–Trinajstić information content (AvgIpc) is 3.29. The molecule has 0 saturated heterocycles. The Balaban J connectivity index is 1.55. The molecule has 1 atom stereocenters. The second kappa shape index (κ2) is 13.2. The summed E-state index contributed by atoms with van der Waals surface area (Å²) in [7, 11) is -3.60. The van der Waals surface area contributed by atoms with Gasteiger partial charge in [-0.3, -0.25) is 4.79 Å². The fraction of sp³-hybridized carbons (Fsp3) is 0.375. The largest absolute Gasteiger partial charge is 0.493 e. The molecule has 36 heavy (non-hydrogen) atoms. The lowest BCUT2D eigenvalue weighted by atomic mass is 10.1. The van der Waals surface area contributed by atoms with Crippen LogP contribution in [-0.4, -0.2) is 49.8 Å². The number of rotatable bonds is 14. The number of ether oxygens (including phenoxy) is 1. The first-order chi connectivity index (χ1) is 17.1. The van der Waals surface area contributed by atoms with Crippen molar-refractivity contribution in [2.75, 3.05) is 19.4 Å². The first-order valence-corrected chi connectivity index (χ1v) is 14.0. The zero-order valence-electron chi connectivity index (χ0n) is 19.7. The van der Waals surface area contributed by atoms with Gasteiger partial charge in [-0.2, -0.15) is 4.98 Å². The molecule has 1 unspecified atom stereocenters. The molecule has 2 aromatic carbocycles. The summed E-state index contributed by atoms with van der Waals surface area (Å²) in [5.41, 5.74) is 7.40. The van der Waals surface area contributed by atoms with Crippen molar-refractivity contribution in [2.24, 2.45) is 5.73 Å². The molecule has 0 fully saturated rings. The van der Waals surface area contributed by atoms with Gasteiger partial charge in [0.25, 0.3) is 0 Å². The number of hydrogen-bond donors (Lipinski definition) is 2. The molecule has 12 heteroatoms. The Morgan fingerprint density at radius 3 is 2.50 bits per heavy atom. The van der Waals surface area contributed by atoms with Crippen molar-refractivity contribution in [3.05, 3.63) is 75.4 Å². The smallest absolute Gasteiger partial charge is 0.240 e. The molecular weight excluding hydrogens is 527 g/mol. The van der Waals surface area contributed by atoms with E-state index in [1.807, 2.05) is 36.4 Å². The van der Waals surface area contributed by atoms with Gasteiger partial charge in [0.15, 0.2) is 0 Å². The number of nitrogens with zero attached hydrogens (tertiary/aromatic N) is 2. The average molecular weight is 555 g/mol. The van der Waals surface area contributed by atoms with Crippen molar-refractivity contribution in [1.82, 2.24) is 14.9 Å². The minimum Gasteiger partial charge on any atom is -0.493 e. The number of halogens is 2. The summed E-state index contributed by atoms with van der Waals surface area (Å²) < 4.78 is 36.7. The molecule has 9 nitrogen and oxygen atoms in total. The minimum atomic E-state index is -3.60. The summed E-state index contributed by atoms with van der Waals surface area (Å²) >= 11 is 12.0. The Kier molecular flexibility index (Phi) is 10.3. The van der Waals surface area contributed by atoms with E-state index in [0.29, 0.717) is 61.1 Å². The number of carbonyl (C=O) groups is 1. The molecule has 1 aromatic heterocycles. The van der Waals surface area contributed by atoms with E-state index in [1.165, 1.54) is 0 Å². The number of nitrogens with one attached hydrogen (secondary N) is 1. The van der Waals surface area contributed by atoms with Gasteiger partial charge in [0.1, 0.15) is 5.75 Å². The highest BCUT2D eigenvalue weighted by Crippen LogP contribution is 2.23. The molecule has 1 heterocycles. The fourth-order valence-corrected chi connectivity index (χ4v) is 4.50. The molecule has 0 spiro atoms. The van der Waals surface area contributed by atoms with Gasteiger partial charge in [0.2, 0.25) is 27.5 Å². The summed E-state index contributed by atoms with van der Waals surface area (Å²) in [5, 5.41) is 4.78. The SMILES string of the molecule is CS(=O)(=O)NC(CCCCN)C(=O)c1noc(Cc2ccc(OCCc3ccc(Cl)c(Cl)c3)cc2)n1.